The highest BCUT2D eigenvalue weighted by atomic mass is 32.2. The summed E-state index contributed by atoms with van der Waals surface area (Å²) in [4.78, 5) is 12.7. The lowest BCUT2D eigenvalue weighted by Gasteiger charge is -2.04. The maximum absolute atomic E-state index is 5.54. The molecule has 5 heteroatoms. The zero-order valence-electron chi connectivity index (χ0n) is 11.1. The molecular weight excluding hydrogens is 244 g/mol. The molecule has 2 aromatic heterocycles. The first-order valence-corrected chi connectivity index (χ1v) is 7.03. The van der Waals surface area contributed by atoms with Gasteiger partial charge in [-0.25, -0.2) is 15.0 Å². The summed E-state index contributed by atoms with van der Waals surface area (Å²) >= 11 is 1.60. The van der Waals surface area contributed by atoms with Crippen LogP contribution in [0.5, 0.6) is 0 Å². The third-order valence-corrected chi connectivity index (χ3v) is 2.73. The van der Waals surface area contributed by atoms with E-state index in [0.717, 1.165) is 22.1 Å². The predicted octanol–water partition coefficient (Wildman–Crippen LogP) is 3.18. The second-order valence-corrected chi connectivity index (χ2v) is 4.14. The van der Waals surface area contributed by atoms with Crippen LogP contribution < -0.4 is 5.73 Å². The van der Waals surface area contributed by atoms with Crippen LogP contribution in [0.3, 0.4) is 0 Å². The Morgan fingerprint density at radius 1 is 1.17 bits per heavy atom. The van der Waals surface area contributed by atoms with Crippen LogP contribution in [0.15, 0.2) is 29.4 Å². The minimum atomic E-state index is 0.514. The number of aromatic nitrogens is 3. The third-order valence-electron chi connectivity index (χ3n) is 2.11. The molecule has 4 nitrogen and oxygen atoms in total. The topological polar surface area (TPSA) is 64.7 Å². The van der Waals surface area contributed by atoms with Crippen LogP contribution in [0.1, 0.15) is 19.7 Å². The fourth-order valence-corrected chi connectivity index (χ4v) is 1.80. The first-order chi connectivity index (χ1) is 8.69. The molecule has 0 aliphatic heterocycles. The third kappa shape index (κ3) is 3.70. The fourth-order valence-electron chi connectivity index (χ4n) is 1.35. The average molecular weight is 262 g/mol. The molecule has 0 atom stereocenters. The number of nitrogens with two attached hydrogens (primary N) is 1. The predicted molar refractivity (Wildman–Crippen MR) is 77.5 cm³/mol. The van der Waals surface area contributed by atoms with E-state index in [9.17, 15) is 0 Å². The maximum atomic E-state index is 5.54. The van der Waals surface area contributed by atoms with E-state index >= 15 is 0 Å². The van der Waals surface area contributed by atoms with Gasteiger partial charge in [-0.15, -0.1) is 11.8 Å². The highest BCUT2D eigenvalue weighted by molar-refractivity contribution is 7.98. The lowest BCUT2D eigenvalue weighted by atomic mass is 10.2. The molecule has 0 bridgehead atoms. The van der Waals surface area contributed by atoms with Gasteiger partial charge in [0.25, 0.3) is 0 Å². The maximum Gasteiger partial charge on any atom is 0.127 e. The Hall–Kier alpha value is -1.62. The number of hydrogen-bond acceptors (Lipinski definition) is 5. The molecule has 96 valence electrons. The molecule has 0 unspecified atom stereocenters. The number of pyridine rings is 1. The van der Waals surface area contributed by atoms with Gasteiger partial charge in [-0.3, -0.25) is 0 Å². The Morgan fingerprint density at radius 3 is 2.44 bits per heavy atom. The van der Waals surface area contributed by atoms with Crippen molar-refractivity contribution in [2.75, 3.05) is 12.0 Å². The number of rotatable bonds is 2. The molecule has 18 heavy (non-hydrogen) atoms. The standard InChI is InChI=1S/C11H12N4S.C2H6/c1-7-14-9(5-11(15-7)16-2)8-3-4-10(12)13-6-8;1-2/h3-6H,1-2H3,(H2,12,13);1-2H3. The Balaban J connectivity index is 0.000000771. The van der Waals surface area contributed by atoms with Crippen molar-refractivity contribution in [2.45, 2.75) is 25.8 Å². The van der Waals surface area contributed by atoms with Crippen molar-refractivity contribution < 1.29 is 0 Å². The molecule has 2 rings (SSSR count). The fraction of sp³-hybridized carbons (Fsp3) is 0.308. The van der Waals surface area contributed by atoms with Crippen molar-refractivity contribution in [2.24, 2.45) is 0 Å². The Labute approximate surface area is 112 Å². The van der Waals surface area contributed by atoms with Gasteiger partial charge in [-0.05, 0) is 31.4 Å². The van der Waals surface area contributed by atoms with Gasteiger partial charge in [0.05, 0.1) is 5.69 Å². The summed E-state index contributed by atoms with van der Waals surface area (Å²) in [6.07, 6.45) is 3.72. The lowest BCUT2D eigenvalue weighted by Crippen LogP contribution is -1.94. The summed E-state index contributed by atoms with van der Waals surface area (Å²) in [6, 6.07) is 5.63. The molecule has 0 spiro atoms. The van der Waals surface area contributed by atoms with Gasteiger partial charge < -0.3 is 5.73 Å². The summed E-state index contributed by atoms with van der Waals surface area (Å²) in [6.45, 7) is 5.88. The van der Waals surface area contributed by atoms with E-state index in [1.54, 1.807) is 24.0 Å². The highest BCUT2D eigenvalue weighted by Gasteiger charge is 2.04. The monoisotopic (exact) mass is 262 g/mol. The molecule has 2 heterocycles. The van der Waals surface area contributed by atoms with Crippen molar-refractivity contribution in [3.63, 3.8) is 0 Å². The number of thioether (sulfide) groups is 1. The van der Waals surface area contributed by atoms with Crippen molar-refractivity contribution in [1.29, 1.82) is 0 Å². The number of nitrogen functional groups attached to an aromatic ring is 1. The summed E-state index contributed by atoms with van der Waals surface area (Å²) in [5.41, 5.74) is 7.38. The zero-order valence-corrected chi connectivity index (χ0v) is 12.0. The second-order valence-electron chi connectivity index (χ2n) is 3.31. The van der Waals surface area contributed by atoms with E-state index < -0.39 is 0 Å². The molecule has 0 radical (unpaired) electrons. The van der Waals surface area contributed by atoms with Gasteiger partial charge in [0.15, 0.2) is 0 Å². The van der Waals surface area contributed by atoms with Gasteiger partial charge in [0.1, 0.15) is 16.7 Å². The van der Waals surface area contributed by atoms with Crippen molar-refractivity contribution >= 4 is 17.6 Å². The first-order valence-electron chi connectivity index (χ1n) is 5.80. The molecule has 0 aromatic carbocycles. The second kappa shape index (κ2) is 6.96. The highest BCUT2D eigenvalue weighted by Crippen LogP contribution is 2.21. The van der Waals surface area contributed by atoms with Crippen LogP contribution in [0.25, 0.3) is 11.3 Å². The van der Waals surface area contributed by atoms with Crippen molar-refractivity contribution in [1.82, 2.24) is 15.0 Å². The van der Waals surface area contributed by atoms with Crippen molar-refractivity contribution in [3.8, 4) is 11.3 Å². The van der Waals surface area contributed by atoms with Crippen molar-refractivity contribution in [3.05, 3.63) is 30.2 Å². The van der Waals surface area contributed by atoms with E-state index in [1.165, 1.54) is 0 Å². The zero-order chi connectivity index (χ0) is 13.5. The summed E-state index contributed by atoms with van der Waals surface area (Å²) < 4.78 is 0. The summed E-state index contributed by atoms with van der Waals surface area (Å²) in [5.74, 6) is 1.28. The summed E-state index contributed by atoms with van der Waals surface area (Å²) in [7, 11) is 0. The van der Waals surface area contributed by atoms with Crippen LogP contribution in [0, 0.1) is 6.92 Å². The lowest BCUT2D eigenvalue weighted by molar-refractivity contribution is 0.973. The molecule has 0 aliphatic carbocycles. The Morgan fingerprint density at radius 2 is 1.89 bits per heavy atom. The smallest absolute Gasteiger partial charge is 0.127 e. The SMILES string of the molecule is CC.CSc1cc(-c2ccc(N)nc2)nc(C)n1. The number of hydrogen-bond donors (Lipinski definition) is 1. The van der Waals surface area contributed by atoms with E-state index in [2.05, 4.69) is 15.0 Å². The molecule has 0 saturated carbocycles. The minimum Gasteiger partial charge on any atom is -0.384 e. The quantitative estimate of drug-likeness (QED) is 0.665. The van der Waals surface area contributed by atoms with Crippen LogP contribution >= 0.6 is 11.8 Å². The molecule has 2 N–H and O–H groups in total. The Kier molecular flexibility index (Phi) is 5.58. The number of aryl methyl sites for hydroxylation is 1. The van der Waals surface area contributed by atoms with Gasteiger partial charge in [-0.1, -0.05) is 13.8 Å². The van der Waals surface area contributed by atoms with Crippen LogP contribution in [-0.2, 0) is 0 Å². The Bertz CT molecular complexity index is 497. The van der Waals surface area contributed by atoms with Gasteiger partial charge >= 0.3 is 0 Å². The summed E-state index contributed by atoms with van der Waals surface area (Å²) in [5, 5.41) is 0.958. The van der Waals surface area contributed by atoms with Gasteiger partial charge in [0, 0.05) is 11.8 Å². The molecule has 0 amide bonds. The number of anilines is 1. The average Bonchev–Trinajstić information content (AvgIpc) is 2.41. The molecule has 0 fully saturated rings. The van der Waals surface area contributed by atoms with Crippen LogP contribution in [0.2, 0.25) is 0 Å². The van der Waals surface area contributed by atoms with E-state index in [1.807, 2.05) is 39.2 Å². The molecule has 2 aromatic rings. The largest absolute Gasteiger partial charge is 0.384 e. The van der Waals surface area contributed by atoms with Crippen LogP contribution in [-0.4, -0.2) is 21.2 Å². The minimum absolute atomic E-state index is 0.514. The normalized spacial score (nSPS) is 9.56. The van der Waals surface area contributed by atoms with Gasteiger partial charge in [-0.2, -0.15) is 0 Å². The van der Waals surface area contributed by atoms with Gasteiger partial charge in [0.2, 0.25) is 0 Å². The molecule has 0 aliphatic rings. The van der Waals surface area contributed by atoms with E-state index in [0.29, 0.717) is 5.82 Å². The molecule has 0 saturated heterocycles. The first kappa shape index (κ1) is 14.4. The number of nitrogens with zero attached hydrogens (tertiary/aromatic N) is 3. The van der Waals surface area contributed by atoms with E-state index in [-0.39, 0.29) is 0 Å². The van der Waals surface area contributed by atoms with Crippen LogP contribution in [0.4, 0.5) is 5.82 Å². The molecular formula is C13H18N4S. The van der Waals surface area contributed by atoms with E-state index in [4.69, 9.17) is 5.73 Å².